The third-order valence-corrected chi connectivity index (χ3v) is 3.65. The van der Waals surface area contributed by atoms with Crippen LogP contribution in [0.15, 0.2) is 0 Å². The highest BCUT2D eigenvalue weighted by molar-refractivity contribution is 14.2. The lowest BCUT2D eigenvalue weighted by molar-refractivity contribution is -0.185. The van der Waals surface area contributed by atoms with Gasteiger partial charge in [0.1, 0.15) is 0 Å². The lowest BCUT2D eigenvalue weighted by Gasteiger charge is -2.34. The van der Waals surface area contributed by atoms with Crippen LogP contribution in [0.25, 0.3) is 0 Å². The molecule has 0 N–H and O–H groups in total. The Balaban J connectivity index is 1.81. The fraction of sp³-hybridized carbons (Fsp3) is 1.00. The Morgan fingerprint density at radius 2 is 1.85 bits per heavy atom. The minimum absolute atomic E-state index is 0.240. The summed E-state index contributed by atoms with van der Waals surface area (Å²) in [5.41, 5.74) is 0. The van der Waals surface area contributed by atoms with E-state index in [9.17, 15) is 0 Å². The Bertz CT molecular complexity index is 163. The second kappa shape index (κ2) is 4.65. The Labute approximate surface area is 94.7 Å². The van der Waals surface area contributed by atoms with Crippen LogP contribution in [0.1, 0.15) is 25.7 Å². The number of ether oxygens (including phenoxy) is 2. The van der Waals surface area contributed by atoms with Crippen molar-refractivity contribution < 1.29 is 13.7 Å². The summed E-state index contributed by atoms with van der Waals surface area (Å²) in [5, 5.41) is 0. The Hall–Kier alpha value is 0.960. The van der Waals surface area contributed by atoms with Gasteiger partial charge in [-0.15, -0.1) is 0 Å². The van der Waals surface area contributed by atoms with E-state index in [0.29, 0.717) is 6.10 Å². The van der Waals surface area contributed by atoms with E-state index in [-0.39, 0.29) is 5.79 Å². The molecule has 2 fully saturated rings. The summed E-state index contributed by atoms with van der Waals surface area (Å²) in [5.74, 6) is -0.240. The van der Waals surface area contributed by atoms with Gasteiger partial charge < -0.3 is 13.7 Å². The highest BCUT2D eigenvalue weighted by atomic mass is 127. The average Bonchev–Trinajstić information content (AvgIpc) is 2.59. The Morgan fingerprint density at radius 1 is 1.23 bits per heavy atom. The zero-order valence-corrected chi connectivity index (χ0v) is 10.3. The summed E-state index contributed by atoms with van der Waals surface area (Å²) in [7, 11) is 1.43. The first-order chi connectivity index (χ1) is 6.35. The van der Waals surface area contributed by atoms with E-state index in [1.54, 1.807) is 0 Å². The molecule has 0 aromatic heterocycles. The first-order valence-electron chi connectivity index (χ1n) is 4.57. The quantitative estimate of drug-likeness (QED) is 0.578. The lowest BCUT2D eigenvalue weighted by Crippen LogP contribution is -2.36. The molecule has 1 saturated heterocycles. The summed E-state index contributed by atoms with van der Waals surface area (Å²) in [6, 6.07) is 0. The van der Waals surface area contributed by atoms with Crippen molar-refractivity contribution in [2.24, 2.45) is 0 Å². The molecule has 13 heavy (non-hydrogen) atoms. The maximum absolute atomic E-state index is 5.62. The first kappa shape index (κ1) is 10.5. The minimum atomic E-state index is -0.240. The van der Waals surface area contributed by atoms with E-state index in [2.05, 4.69) is 21.2 Å². The molecule has 1 aliphatic heterocycles. The molecule has 76 valence electrons. The lowest BCUT2D eigenvalue weighted by atomic mass is 9.92. The van der Waals surface area contributed by atoms with Crippen molar-refractivity contribution >= 4 is 30.4 Å². The molecule has 0 radical (unpaired) electrons. The standard InChI is InChI=1S/C8H13IO3S/c9-13-12-7-1-3-8(4-2-7)10-5-6-11-8/h7H,1-6H2. The van der Waals surface area contributed by atoms with Gasteiger partial charge >= 0.3 is 0 Å². The average molecular weight is 316 g/mol. The molecule has 1 spiro atoms. The topological polar surface area (TPSA) is 27.7 Å². The summed E-state index contributed by atoms with van der Waals surface area (Å²) < 4.78 is 16.7. The second-order valence-corrected chi connectivity index (χ2v) is 4.86. The van der Waals surface area contributed by atoms with Gasteiger partial charge in [0.25, 0.3) is 0 Å². The molecule has 2 aliphatic rings. The van der Waals surface area contributed by atoms with Crippen LogP contribution < -0.4 is 0 Å². The van der Waals surface area contributed by atoms with Gasteiger partial charge in [0.05, 0.1) is 28.5 Å². The van der Waals surface area contributed by atoms with Crippen LogP contribution in [0, 0.1) is 0 Å². The van der Waals surface area contributed by atoms with Crippen LogP contribution >= 0.6 is 30.4 Å². The molecule has 2 rings (SSSR count). The van der Waals surface area contributed by atoms with E-state index in [4.69, 9.17) is 13.7 Å². The molecule has 0 unspecified atom stereocenters. The Morgan fingerprint density at radius 3 is 2.38 bits per heavy atom. The van der Waals surface area contributed by atoms with Gasteiger partial charge in [-0.2, -0.15) is 0 Å². The van der Waals surface area contributed by atoms with Crippen molar-refractivity contribution in [1.82, 2.24) is 0 Å². The van der Waals surface area contributed by atoms with E-state index in [0.717, 1.165) is 38.9 Å². The van der Waals surface area contributed by atoms with Gasteiger partial charge in [-0.3, -0.25) is 0 Å². The summed E-state index contributed by atoms with van der Waals surface area (Å²) in [4.78, 5) is 0. The van der Waals surface area contributed by atoms with Crippen molar-refractivity contribution in [3.8, 4) is 0 Å². The predicted octanol–water partition coefficient (Wildman–Crippen LogP) is 2.69. The van der Waals surface area contributed by atoms with E-state index in [1.165, 1.54) is 9.21 Å². The molecular weight excluding hydrogens is 303 g/mol. The van der Waals surface area contributed by atoms with Crippen molar-refractivity contribution in [3.05, 3.63) is 0 Å². The maximum Gasteiger partial charge on any atom is 0.168 e. The zero-order chi connectivity index (χ0) is 9.15. The third kappa shape index (κ3) is 2.50. The highest BCUT2D eigenvalue weighted by Crippen LogP contribution is 2.38. The van der Waals surface area contributed by atoms with E-state index < -0.39 is 0 Å². The number of hydrogen-bond donors (Lipinski definition) is 0. The van der Waals surface area contributed by atoms with Crippen molar-refractivity contribution in [1.29, 1.82) is 0 Å². The van der Waals surface area contributed by atoms with Crippen molar-refractivity contribution in [2.45, 2.75) is 37.6 Å². The molecule has 5 heteroatoms. The van der Waals surface area contributed by atoms with Gasteiger partial charge in [0.15, 0.2) is 5.79 Å². The van der Waals surface area contributed by atoms with Gasteiger partial charge in [-0.05, 0) is 12.8 Å². The van der Waals surface area contributed by atoms with Gasteiger partial charge in [-0.25, -0.2) is 0 Å². The first-order valence-corrected chi connectivity index (χ1v) is 7.85. The fourth-order valence-corrected chi connectivity index (χ4v) is 3.14. The molecule has 0 bridgehead atoms. The smallest absolute Gasteiger partial charge is 0.168 e. The van der Waals surface area contributed by atoms with Crippen LogP contribution in [-0.4, -0.2) is 25.1 Å². The largest absolute Gasteiger partial charge is 0.348 e. The van der Waals surface area contributed by atoms with Gasteiger partial charge in [0.2, 0.25) is 0 Å². The molecule has 0 aromatic rings. The maximum atomic E-state index is 5.62. The van der Waals surface area contributed by atoms with Crippen LogP contribution in [0.5, 0.6) is 0 Å². The Kier molecular flexibility index (Phi) is 3.75. The number of hydrogen-bond acceptors (Lipinski definition) is 4. The molecule has 1 saturated carbocycles. The normalized spacial score (nSPS) is 28.4. The van der Waals surface area contributed by atoms with Crippen LogP contribution in [0.2, 0.25) is 0 Å². The predicted molar refractivity (Wildman–Crippen MR) is 59.6 cm³/mol. The summed E-state index contributed by atoms with van der Waals surface area (Å²) in [6.45, 7) is 1.51. The summed E-state index contributed by atoms with van der Waals surface area (Å²) in [6.07, 6.45) is 4.45. The monoisotopic (exact) mass is 316 g/mol. The van der Waals surface area contributed by atoms with Crippen molar-refractivity contribution in [3.63, 3.8) is 0 Å². The molecule has 1 aliphatic carbocycles. The van der Waals surface area contributed by atoms with Crippen molar-refractivity contribution in [2.75, 3.05) is 13.2 Å². The van der Waals surface area contributed by atoms with Crippen LogP contribution in [-0.2, 0) is 13.7 Å². The van der Waals surface area contributed by atoms with Gasteiger partial charge in [-0.1, -0.05) is 0 Å². The van der Waals surface area contributed by atoms with E-state index in [1.807, 2.05) is 0 Å². The molecule has 0 aromatic carbocycles. The second-order valence-electron chi connectivity index (χ2n) is 3.47. The molecular formula is C8H13IO3S. The van der Waals surface area contributed by atoms with Crippen LogP contribution in [0.3, 0.4) is 0 Å². The molecule has 0 atom stereocenters. The van der Waals surface area contributed by atoms with Gasteiger partial charge in [0, 0.05) is 34.0 Å². The third-order valence-electron chi connectivity index (χ3n) is 2.68. The van der Waals surface area contributed by atoms with E-state index >= 15 is 0 Å². The molecule has 1 heterocycles. The minimum Gasteiger partial charge on any atom is -0.348 e. The highest BCUT2D eigenvalue weighted by Gasteiger charge is 2.40. The fourth-order valence-electron chi connectivity index (χ4n) is 1.96. The zero-order valence-electron chi connectivity index (χ0n) is 7.33. The molecule has 3 nitrogen and oxygen atoms in total. The molecule has 0 amide bonds. The van der Waals surface area contributed by atoms with Crippen LogP contribution in [0.4, 0.5) is 0 Å². The number of halogens is 1. The summed E-state index contributed by atoms with van der Waals surface area (Å²) >= 11 is 2.16. The SMILES string of the molecule is ISOC1CCC2(CC1)OCCO2. The number of rotatable bonds is 2.